The van der Waals surface area contributed by atoms with Crippen LogP contribution in [0, 0.1) is 35.5 Å². The van der Waals surface area contributed by atoms with Crippen LogP contribution in [0.15, 0.2) is 0 Å². The largest absolute Gasteiger partial charge is 0.462 e. The van der Waals surface area contributed by atoms with Crippen LogP contribution in [-0.4, -0.2) is 65.7 Å². The molecule has 0 aromatic rings. The number of carbonyl (C=O) groups excluding carboxylic acids is 2. The van der Waals surface area contributed by atoms with Gasteiger partial charge in [0.1, 0.15) is 6.10 Å². The third-order valence-electron chi connectivity index (χ3n) is 8.97. The van der Waals surface area contributed by atoms with Gasteiger partial charge in [-0.05, 0) is 69.6 Å². The van der Waals surface area contributed by atoms with E-state index in [2.05, 4.69) is 34.6 Å². The number of aliphatic hydroxyl groups is 1. The zero-order chi connectivity index (χ0) is 28.0. The molecule has 216 valence electrons. The molecule has 2 rings (SSSR count). The van der Waals surface area contributed by atoms with E-state index in [-0.39, 0.29) is 54.0 Å². The molecule has 0 saturated carbocycles. The van der Waals surface area contributed by atoms with E-state index in [1.54, 1.807) is 18.7 Å². The zero-order valence-electron chi connectivity index (χ0n) is 25.1. The third kappa shape index (κ3) is 8.93. The number of rotatable bonds is 4. The summed E-state index contributed by atoms with van der Waals surface area (Å²) in [5, 5.41) is 11.4. The third-order valence-corrected chi connectivity index (χ3v) is 8.97. The first-order valence-corrected chi connectivity index (χ1v) is 14.7. The van der Waals surface area contributed by atoms with Crippen molar-refractivity contribution in [1.29, 1.82) is 0 Å². The van der Waals surface area contributed by atoms with Gasteiger partial charge in [-0.25, -0.2) is 0 Å². The summed E-state index contributed by atoms with van der Waals surface area (Å²) in [5.74, 6) is 0.194. The first-order chi connectivity index (χ1) is 17.2. The number of aliphatic hydroxyl groups excluding tert-OH is 1. The first-order valence-electron chi connectivity index (χ1n) is 14.7. The standard InChI is InChI=1S/C30H55NO6/c1-11-26-19(4)13-17(2)12-18(3)14-20(5)29(22(7)28(33)23(8)30(34)36-26)37-27-16-25(15-21(6)35-27)31(10)24(9)32/h17-23,25-29,33H,11-16H2,1-10H3/t17-,18-,19+,20?,21+,22-,23+,25-,26+,27-,28-,29-/m0/s1. The topological polar surface area (TPSA) is 85.3 Å². The van der Waals surface area contributed by atoms with Crippen molar-refractivity contribution in [2.75, 3.05) is 7.05 Å². The highest BCUT2D eigenvalue weighted by atomic mass is 16.7. The van der Waals surface area contributed by atoms with Gasteiger partial charge in [0.25, 0.3) is 0 Å². The van der Waals surface area contributed by atoms with Crippen LogP contribution in [0.1, 0.15) is 101 Å². The Kier molecular flexibility index (Phi) is 12.4. The Morgan fingerprint density at radius 3 is 2.14 bits per heavy atom. The molecular formula is C30H55NO6. The molecule has 1 N–H and O–H groups in total. The van der Waals surface area contributed by atoms with E-state index in [4.69, 9.17) is 14.2 Å². The van der Waals surface area contributed by atoms with Crippen molar-refractivity contribution in [3.8, 4) is 0 Å². The highest BCUT2D eigenvalue weighted by Crippen LogP contribution is 2.35. The molecule has 2 aliphatic heterocycles. The van der Waals surface area contributed by atoms with Crippen LogP contribution in [0.3, 0.4) is 0 Å². The van der Waals surface area contributed by atoms with Crippen molar-refractivity contribution >= 4 is 11.9 Å². The lowest BCUT2D eigenvalue weighted by Crippen LogP contribution is -2.49. The van der Waals surface area contributed by atoms with Gasteiger partial charge in [-0.3, -0.25) is 9.59 Å². The lowest BCUT2D eigenvalue weighted by atomic mass is 9.78. The molecule has 7 nitrogen and oxygen atoms in total. The van der Waals surface area contributed by atoms with Gasteiger partial charge in [-0.1, -0.05) is 41.5 Å². The zero-order valence-corrected chi connectivity index (χ0v) is 25.1. The number of hydrogen-bond donors (Lipinski definition) is 1. The lowest BCUT2D eigenvalue weighted by molar-refractivity contribution is -0.244. The maximum absolute atomic E-state index is 13.1. The van der Waals surface area contributed by atoms with Crippen molar-refractivity contribution in [2.45, 2.75) is 138 Å². The first kappa shape index (κ1) is 32.0. The molecule has 12 atom stereocenters. The summed E-state index contributed by atoms with van der Waals surface area (Å²) in [5.41, 5.74) is 0. The van der Waals surface area contributed by atoms with Crippen LogP contribution in [0.25, 0.3) is 0 Å². The van der Waals surface area contributed by atoms with Crippen molar-refractivity contribution in [3.05, 3.63) is 0 Å². The molecule has 7 heteroatoms. The molecule has 2 heterocycles. The van der Waals surface area contributed by atoms with E-state index in [1.807, 2.05) is 20.9 Å². The van der Waals surface area contributed by atoms with Crippen molar-refractivity contribution in [2.24, 2.45) is 35.5 Å². The second-order valence-electron chi connectivity index (χ2n) is 12.6. The fraction of sp³-hybridized carbons (Fsp3) is 0.933. The average Bonchev–Trinajstić information content (AvgIpc) is 2.82. The van der Waals surface area contributed by atoms with Crippen LogP contribution < -0.4 is 0 Å². The molecule has 1 amide bonds. The summed E-state index contributed by atoms with van der Waals surface area (Å²) in [6, 6.07) is 0.0435. The van der Waals surface area contributed by atoms with E-state index >= 15 is 0 Å². The molecule has 2 fully saturated rings. The summed E-state index contributed by atoms with van der Waals surface area (Å²) < 4.78 is 18.8. The van der Waals surface area contributed by atoms with E-state index < -0.39 is 18.3 Å². The van der Waals surface area contributed by atoms with E-state index in [0.29, 0.717) is 18.3 Å². The number of nitrogens with zero attached hydrogens (tertiary/aromatic N) is 1. The summed E-state index contributed by atoms with van der Waals surface area (Å²) in [6.07, 6.45) is 3.34. The van der Waals surface area contributed by atoms with Crippen LogP contribution in [0.5, 0.6) is 0 Å². The summed E-state index contributed by atoms with van der Waals surface area (Å²) >= 11 is 0. The molecule has 0 radical (unpaired) electrons. The van der Waals surface area contributed by atoms with Gasteiger partial charge in [-0.2, -0.15) is 0 Å². The Labute approximate surface area is 226 Å². The van der Waals surface area contributed by atoms with Crippen LogP contribution >= 0.6 is 0 Å². The van der Waals surface area contributed by atoms with Crippen LogP contribution in [0.4, 0.5) is 0 Å². The van der Waals surface area contributed by atoms with Gasteiger partial charge in [0, 0.05) is 32.4 Å². The van der Waals surface area contributed by atoms with E-state index in [0.717, 1.165) is 32.1 Å². The summed E-state index contributed by atoms with van der Waals surface area (Å²) in [6.45, 7) is 18.3. The predicted octanol–water partition coefficient (Wildman–Crippen LogP) is 5.43. The number of amides is 1. The average molecular weight is 526 g/mol. The van der Waals surface area contributed by atoms with Gasteiger partial charge in [0.05, 0.1) is 24.2 Å². The number of cyclic esters (lactones) is 1. The Morgan fingerprint density at radius 2 is 1.57 bits per heavy atom. The van der Waals surface area contributed by atoms with Crippen LogP contribution in [-0.2, 0) is 23.8 Å². The van der Waals surface area contributed by atoms with Crippen molar-refractivity contribution < 1.29 is 28.9 Å². The molecule has 0 spiro atoms. The Hall–Kier alpha value is -1.18. The quantitative estimate of drug-likeness (QED) is 0.493. The van der Waals surface area contributed by atoms with E-state index in [9.17, 15) is 14.7 Å². The van der Waals surface area contributed by atoms with Gasteiger partial charge in [0.15, 0.2) is 6.29 Å². The second kappa shape index (κ2) is 14.3. The minimum atomic E-state index is -0.901. The number of hydrogen-bond acceptors (Lipinski definition) is 6. The minimum absolute atomic E-state index is 0.0305. The highest BCUT2D eigenvalue weighted by Gasteiger charge is 2.40. The fourth-order valence-electron chi connectivity index (χ4n) is 6.77. The number of ether oxygens (including phenoxy) is 3. The fourth-order valence-corrected chi connectivity index (χ4v) is 6.77. The number of carbonyl (C=O) groups is 2. The minimum Gasteiger partial charge on any atom is -0.462 e. The SMILES string of the molecule is CC[C@H]1OC(=O)[C@H](C)[C@@H](O)[C@H](C)[C@@H](O[C@H]2C[C@@H](N(C)C(C)=O)C[C@@H](C)O2)C(C)C[C@@H](C)C[C@H](C)C[C@H]1C. The van der Waals surface area contributed by atoms with Gasteiger partial charge in [0.2, 0.25) is 5.91 Å². The Balaban J connectivity index is 2.30. The maximum Gasteiger partial charge on any atom is 0.311 e. The summed E-state index contributed by atoms with van der Waals surface area (Å²) in [7, 11) is 1.83. The normalized spacial score (nSPS) is 42.9. The van der Waals surface area contributed by atoms with Crippen molar-refractivity contribution in [1.82, 2.24) is 4.90 Å². The van der Waals surface area contributed by atoms with Crippen LogP contribution in [0.2, 0.25) is 0 Å². The van der Waals surface area contributed by atoms with Gasteiger partial charge >= 0.3 is 5.97 Å². The Bertz CT molecular complexity index is 731. The molecule has 2 aliphatic rings. The molecule has 37 heavy (non-hydrogen) atoms. The molecule has 1 unspecified atom stereocenters. The monoisotopic (exact) mass is 525 g/mol. The molecule has 0 aliphatic carbocycles. The molecule has 0 aromatic heterocycles. The van der Waals surface area contributed by atoms with Gasteiger partial charge < -0.3 is 24.2 Å². The highest BCUT2D eigenvalue weighted by molar-refractivity contribution is 5.73. The lowest BCUT2D eigenvalue weighted by Gasteiger charge is -2.42. The molecule has 0 aromatic carbocycles. The van der Waals surface area contributed by atoms with E-state index in [1.165, 1.54) is 0 Å². The molecular weight excluding hydrogens is 470 g/mol. The molecule has 2 saturated heterocycles. The van der Waals surface area contributed by atoms with Crippen molar-refractivity contribution in [3.63, 3.8) is 0 Å². The number of esters is 1. The Morgan fingerprint density at radius 1 is 0.973 bits per heavy atom. The summed E-state index contributed by atoms with van der Waals surface area (Å²) in [4.78, 5) is 26.9. The smallest absolute Gasteiger partial charge is 0.311 e. The molecule has 0 bridgehead atoms. The van der Waals surface area contributed by atoms with Gasteiger partial charge in [-0.15, -0.1) is 0 Å². The maximum atomic E-state index is 13.1. The predicted molar refractivity (Wildman–Crippen MR) is 146 cm³/mol. The second-order valence-corrected chi connectivity index (χ2v) is 12.6.